The number of rotatable bonds is 5. The van der Waals surface area contributed by atoms with Crippen LogP contribution in [0.15, 0.2) is 12.4 Å². The van der Waals surface area contributed by atoms with Crippen LogP contribution >= 0.6 is 0 Å². The van der Waals surface area contributed by atoms with E-state index < -0.39 is 0 Å². The molecule has 2 aliphatic carbocycles. The van der Waals surface area contributed by atoms with Crippen molar-refractivity contribution in [2.24, 2.45) is 24.3 Å². The van der Waals surface area contributed by atoms with E-state index in [-0.39, 0.29) is 5.92 Å². The summed E-state index contributed by atoms with van der Waals surface area (Å²) in [6, 6.07) is 0.426. The molecule has 23 heavy (non-hydrogen) atoms. The van der Waals surface area contributed by atoms with Gasteiger partial charge in [0.1, 0.15) is 5.82 Å². The van der Waals surface area contributed by atoms with Gasteiger partial charge in [-0.05, 0) is 56.5 Å². The van der Waals surface area contributed by atoms with Crippen LogP contribution in [0.3, 0.4) is 0 Å². The summed E-state index contributed by atoms with van der Waals surface area (Å²) in [6.07, 6.45) is 9.85. The van der Waals surface area contributed by atoms with Gasteiger partial charge in [0.05, 0.1) is 6.54 Å². The van der Waals surface area contributed by atoms with Crippen molar-refractivity contribution < 1.29 is 4.79 Å². The molecule has 1 N–H and O–H groups in total. The number of hydrogen-bond acceptors (Lipinski definition) is 3. The fourth-order valence-corrected chi connectivity index (χ4v) is 4.33. The summed E-state index contributed by atoms with van der Waals surface area (Å²) in [4.78, 5) is 19.8. The number of piperidine rings is 1. The van der Waals surface area contributed by atoms with Gasteiger partial charge in [0.15, 0.2) is 0 Å². The van der Waals surface area contributed by atoms with Gasteiger partial charge in [-0.2, -0.15) is 0 Å². The summed E-state index contributed by atoms with van der Waals surface area (Å²) < 4.78 is 2.04. The fraction of sp³-hybridized carbons (Fsp3) is 0.778. The maximum absolute atomic E-state index is 13.1. The van der Waals surface area contributed by atoms with Crippen molar-refractivity contribution in [1.29, 1.82) is 0 Å². The topological polar surface area (TPSA) is 50.2 Å². The van der Waals surface area contributed by atoms with Crippen molar-refractivity contribution in [3.8, 4) is 0 Å². The molecule has 3 fully saturated rings. The minimum absolute atomic E-state index is 0.176. The van der Waals surface area contributed by atoms with Gasteiger partial charge in [0.2, 0.25) is 5.91 Å². The van der Waals surface area contributed by atoms with E-state index >= 15 is 0 Å². The molecule has 2 atom stereocenters. The maximum atomic E-state index is 13.1. The molecule has 126 valence electrons. The monoisotopic (exact) mass is 316 g/mol. The van der Waals surface area contributed by atoms with Crippen molar-refractivity contribution in [2.45, 2.75) is 51.6 Å². The molecule has 2 saturated carbocycles. The zero-order valence-electron chi connectivity index (χ0n) is 14.3. The molecule has 1 saturated heterocycles. The summed E-state index contributed by atoms with van der Waals surface area (Å²) >= 11 is 0. The number of aromatic nitrogens is 2. The van der Waals surface area contributed by atoms with Crippen LogP contribution in [0.4, 0.5) is 0 Å². The van der Waals surface area contributed by atoms with Crippen molar-refractivity contribution in [3.63, 3.8) is 0 Å². The van der Waals surface area contributed by atoms with E-state index in [1.165, 1.54) is 32.1 Å². The maximum Gasteiger partial charge on any atom is 0.226 e. The number of nitrogens with zero attached hydrogens (tertiary/aromatic N) is 3. The molecule has 1 spiro atoms. The highest BCUT2D eigenvalue weighted by atomic mass is 16.2. The van der Waals surface area contributed by atoms with E-state index in [1.54, 1.807) is 0 Å². The van der Waals surface area contributed by atoms with Gasteiger partial charge >= 0.3 is 0 Å². The average molecular weight is 316 g/mol. The van der Waals surface area contributed by atoms with Gasteiger partial charge < -0.3 is 14.8 Å². The van der Waals surface area contributed by atoms with E-state index in [1.807, 2.05) is 24.0 Å². The molecule has 5 nitrogen and oxygen atoms in total. The number of aryl methyl sites for hydroxylation is 1. The summed E-state index contributed by atoms with van der Waals surface area (Å²) in [5, 5.41) is 3.45. The Bertz CT molecular complexity index is 586. The Hall–Kier alpha value is -1.36. The van der Waals surface area contributed by atoms with Gasteiger partial charge in [-0.1, -0.05) is 6.92 Å². The van der Waals surface area contributed by atoms with Gasteiger partial charge in [0, 0.05) is 31.4 Å². The minimum Gasteiger partial charge on any atom is -0.337 e. The van der Waals surface area contributed by atoms with Crippen molar-refractivity contribution in [1.82, 2.24) is 19.8 Å². The van der Waals surface area contributed by atoms with Gasteiger partial charge in [-0.25, -0.2) is 4.98 Å². The summed E-state index contributed by atoms with van der Waals surface area (Å²) in [7, 11) is 2.02. The normalized spacial score (nSPS) is 27.0. The second-order valence-electron chi connectivity index (χ2n) is 7.88. The molecule has 0 aromatic carbocycles. The van der Waals surface area contributed by atoms with Crippen molar-refractivity contribution in [2.75, 3.05) is 13.1 Å². The number of nitrogens with one attached hydrogen (secondary N) is 1. The lowest BCUT2D eigenvalue weighted by Gasteiger charge is -2.31. The Balaban J connectivity index is 1.54. The molecule has 1 amide bonds. The van der Waals surface area contributed by atoms with E-state index in [4.69, 9.17) is 0 Å². The first-order chi connectivity index (χ1) is 11.1. The molecular formula is C18H28N4O. The Morgan fingerprint density at radius 3 is 2.83 bits per heavy atom. The number of amides is 1. The first-order valence-electron chi connectivity index (χ1n) is 9.08. The molecule has 0 radical (unpaired) electrons. The Kier molecular flexibility index (Phi) is 3.71. The third kappa shape index (κ3) is 2.80. The van der Waals surface area contributed by atoms with Gasteiger partial charge in [-0.15, -0.1) is 0 Å². The molecule has 3 aliphatic rings. The smallest absolute Gasteiger partial charge is 0.226 e. The molecular weight excluding hydrogens is 288 g/mol. The van der Waals surface area contributed by atoms with Crippen LogP contribution in [0, 0.1) is 17.3 Å². The predicted octanol–water partition coefficient (Wildman–Crippen LogP) is 1.94. The third-order valence-corrected chi connectivity index (χ3v) is 6.36. The van der Waals surface area contributed by atoms with Crippen LogP contribution in [0.1, 0.15) is 44.9 Å². The lowest BCUT2D eigenvalue weighted by molar-refractivity contribution is -0.137. The predicted molar refractivity (Wildman–Crippen MR) is 88.6 cm³/mol. The lowest BCUT2D eigenvalue weighted by Crippen LogP contribution is -2.42. The van der Waals surface area contributed by atoms with Gasteiger partial charge in [-0.3, -0.25) is 4.79 Å². The molecule has 1 aromatic rings. The number of carbonyl (C=O) groups excluding carboxylic acids is 1. The summed E-state index contributed by atoms with van der Waals surface area (Å²) in [5.41, 5.74) is 0.384. The quantitative estimate of drug-likeness (QED) is 0.903. The second-order valence-corrected chi connectivity index (χ2v) is 7.88. The van der Waals surface area contributed by atoms with E-state index in [0.717, 1.165) is 18.9 Å². The zero-order chi connectivity index (χ0) is 16.0. The largest absolute Gasteiger partial charge is 0.337 e. The standard InChI is InChI=1S/C18H28N4O/c1-13(14-3-4-14)17(23)22(12-16-20-9-10-21(16)2)15-11-18(15)5-7-19-8-6-18/h9-10,13-15,19H,3-8,11-12H2,1-2H3/t13-,15+/m0/s1. The van der Waals surface area contributed by atoms with E-state index in [9.17, 15) is 4.79 Å². The molecule has 0 bridgehead atoms. The fourth-order valence-electron chi connectivity index (χ4n) is 4.33. The Morgan fingerprint density at radius 1 is 1.48 bits per heavy atom. The van der Waals surface area contributed by atoms with E-state index in [2.05, 4.69) is 22.1 Å². The molecule has 5 heteroatoms. The molecule has 4 rings (SSSR count). The van der Waals surface area contributed by atoms with Crippen LogP contribution in [0.5, 0.6) is 0 Å². The zero-order valence-corrected chi connectivity index (χ0v) is 14.3. The summed E-state index contributed by atoms with van der Waals surface area (Å²) in [5.74, 6) is 2.15. The minimum atomic E-state index is 0.176. The first-order valence-corrected chi connectivity index (χ1v) is 9.08. The van der Waals surface area contributed by atoms with Crippen LogP contribution in [0.2, 0.25) is 0 Å². The highest BCUT2D eigenvalue weighted by Crippen LogP contribution is 2.56. The SMILES string of the molecule is C[C@H](C(=O)N(Cc1nccn1C)[C@@H]1CC12CCNCC2)C1CC1. The van der Waals surface area contributed by atoms with Crippen molar-refractivity contribution in [3.05, 3.63) is 18.2 Å². The lowest BCUT2D eigenvalue weighted by atomic mass is 9.93. The first kappa shape index (κ1) is 15.2. The average Bonchev–Trinajstić information content (AvgIpc) is 3.47. The van der Waals surface area contributed by atoms with Crippen LogP contribution in [0.25, 0.3) is 0 Å². The molecule has 1 aromatic heterocycles. The second kappa shape index (κ2) is 5.62. The molecule has 1 aliphatic heterocycles. The van der Waals surface area contributed by atoms with Crippen LogP contribution < -0.4 is 5.32 Å². The van der Waals surface area contributed by atoms with Crippen LogP contribution in [-0.4, -0.2) is 39.5 Å². The molecule has 2 heterocycles. The Labute approximate surface area is 138 Å². The highest BCUT2D eigenvalue weighted by Gasteiger charge is 2.58. The van der Waals surface area contributed by atoms with Crippen molar-refractivity contribution >= 4 is 5.91 Å². The summed E-state index contributed by atoms with van der Waals surface area (Å²) in [6.45, 7) is 4.99. The number of hydrogen-bond donors (Lipinski definition) is 1. The van der Waals surface area contributed by atoms with Gasteiger partial charge in [0.25, 0.3) is 0 Å². The number of imidazole rings is 1. The number of carbonyl (C=O) groups is 1. The Morgan fingerprint density at radius 2 is 2.22 bits per heavy atom. The highest BCUT2D eigenvalue weighted by molar-refractivity contribution is 5.80. The molecule has 0 unspecified atom stereocenters. The van der Waals surface area contributed by atoms with Crippen LogP contribution in [-0.2, 0) is 18.4 Å². The third-order valence-electron chi connectivity index (χ3n) is 6.36. The van der Waals surface area contributed by atoms with E-state index in [0.29, 0.717) is 29.8 Å².